The maximum Gasteiger partial charge on any atom is 0.258 e. The van der Waals surface area contributed by atoms with E-state index in [0.717, 1.165) is 0 Å². The number of benzene rings is 1. The van der Waals surface area contributed by atoms with Crippen LogP contribution in [0.4, 0.5) is 5.69 Å². The van der Waals surface area contributed by atoms with Crippen molar-refractivity contribution in [2.75, 3.05) is 18.2 Å². The number of ether oxygens (including phenoxy) is 1. The molecule has 0 aliphatic carbocycles. The largest absolute Gasteiger partial charge is 0.484 e. The van der Waals surface area contributed by atoms with Crippen LogP contribution in [0.15, 0.2) is 47.6 Å². The van der Waals surface area contributed by atoms with Gasteiger partial charge >= 0.3 is 0 Å². The first-order valence-electron chi connectivity index (χ1n) is 6.41. The van der Waals surface area contributed by atoms with Gasteiger partial charge in [-0.2, -0.15) is 0 Å². The highest BCUT2D eigenvalue weighted by Crippen LogP contribution is 2.21. The van der Waals surface area contributed by atoms with E-state index < -0.39 is 5.91 Å². The fourth-order valence-corrected chi connectivity index (χ4v) is 2.29. The lowest BCUT2D eigenvalue weighted by Gasteiger charge is -2.09. The summed E-state index contributed by atoms with van der Waals surface area (Å²) in [4.78, 5) is 27.2. The number of carbonyl (C=O) groups excluding carboxylic acids is 2. The fraction of sp³-hybridized carbons (Fsp3) is 0.133. The standard InChI is InChI=1S/C15H15N3O3S/c1-22-15-12(6-3-7-17-15)14(20)18-10-4-2-5-11(8-10)21-9-13(16)19/h2-8H,9H2,1H3,(H2,16,19)(H,18,20). The maximum atomic E-state index is 12.3. The van der Waals surface area contributed by atoms with Crippen LogP contribution < -0.4 is 15.8 Å². The second-order valence-corrected chi connectivity index (χ2v) is 5.09. The van der Waals surface area contributed by atoms with Gasteiger partial charge in [-0.1, -0.05) is 6.07 Å². The third-order valence-corrected chi connectivity index (χ3v) is 3.39. The number of aromatic nitrogens is 1. The van der Waals surface area contributed by atoms with E-state index in [2.05, 4.69) is 10.3 Å². The van der Waals surface area contributed by atoms with Crippen LogP contribution in [0, 0.1) is 0 Å². The molecule has 0 atom stereocenters. The third-order valence-electron chi connectivity index (χ3n) is 2.68. The Morgan fingerprint density at radius 2 is 2.14 bits per heavy atom. The molecule has 114 valence electrons. The summed E-state index contributed by atoms with van der Waals surface area (Å²) in [6, 6.07) is 10.2. The summed E-state index contributed by atoms with van der Waals surface area (Å²) >= 11 is 1.40. The van der Waals surface area contributed by atoms with Crippen LogP contribution in [-0.4, -0.2) is 29.7 Å². The first kappa shape index (κ1) is 15.8. The quantitative estimate of drug-likeness (QED) is 0.794. The molecule has 1 aromatic heterocycles. The Morgan fingerprint density at radius 3 is 2.86 bits per heavy atom. The lowest BCUT2D eigenvalue weighted by molar-refractivity contribution is -0.119. The molecule has 6 nitrogen and oxygen atoms in total. The van der Waals surface area contributed by atoms with E-state index in [4.69, 9.17) is 10.5 Å². The van der Waals surface area contributed by atoms with E-state index in [1.54, 1.807) is 42.6 Å². The monoisotopic (exact) mass is 317 g/mol. The van der Waals surface area contributed by atoms with Crippen LogP contribution >= 0.6 is 11.8 Å². The van der Waals surface area contributed by atoms with E-state index in [9.17, 15) is 9.59 Å². The molecule has 2 aromatic rings. The van der Waals surface area contributed by atoms with E-state index in [1.165, 1.54) is 11.8 Å². The average Bonchev–Trinajstić information content (AvgIpc) is 2.53. The zero-order valence-electron chi connectivity index (χ0n) is 11.9. The van der Waals surface area contributed by atoms with Gasteiger partial charge in [-0.3, -0.25) is 9.59 Å². The molecule has 0 spiro atoms. The van der Waals surface area contributed by atoms with Gasteiger partial charge < -0.3 is 15.8 Å². The first-order chi connectivity index (χ1) is 10.6. The van der Waals surface area contributed by atoms with Gasteiger partial charge in [-0.15, -0.1) is 11.8 Å². The van der Waals surface area contributed by atoms with Crippen molar-refractivity contribution in [2.24, 2.45) is 5.73 Å². The lowest BCUT2D eigenvalue weighted by Crippen LogP contribution is -2.20. The van der Waals surface area contributed by atoms with Gasteiger partial charge in [0.2, 0.25) is 0 Å². The van der Waals surface area contributed by atoms with Crippen molar-refractivity contribution in [1.29, 1.82) is 0 Å². The second-order valence-electron chi connectivity index (χ2n) is 4.30. The number of nitrogens with zero attached hydrogens (tertiary/aromatic N) is 1. The molecule has 22 heavy (non-hydrogen) atoms. The minimum atomic E-state index is -0.561. The molecule has 1 heterocycles. The Labute approximate surface area is 132 Å². The molecule has 2 rings (SSSR count). The Bertz CT molecular complexity index is 691. The summed E-state index contributed by atoms with van der Waals surface area (Å²) in [7, 11) is 0. The zero-order valence-corrected chi connectivity index (χ0v) is 12.7. The molecule has 0 unspecified atom stereocenters. The number of nitrogens with two attached hydrogens (primary N) is 1. The van der Waals surface area contributed by atoms with Crippen LogP contribution in [0.3, 0.4) is 0 Å². The highest BCUT2D eigenvalue weighted by Gasteiger charge is 2.12. The maximum absolute atomic E-state index is 12.3. The number of pyridine rings is 1. The normalized spacial score (nSPS) is 10.0. The Morgan fingerprint density at radius 1 is 1.32 bits per heavy atom. The SMILES string of the molecule is CSc1ncccc1C(=O)Nc1cccc(OCC(N)=O)c1. The van der Waals surface area contributed by atoms with Crippen LogP contribution in [-0.2, 0) is 4.79 Å². The smallest absolute Gasteiger partial charge is 0.258 e. The van der Waals surface area contributed by atoms with Crippen LogP contribution in [0.5, 0.6) is 5.75 Å². The van der Waals surface area contributed by atoms with E-state index in [-0.39, 0.29) is 12.5 Å². The molecule has 0 bridgehead atoms. The molecule has 0 saturated heterocycles. The molecular weight excluding hydrogens is 302 g/mol. The third kappa shape index (κ3) is 4.23. The number of primary amides is 1. The molecule has 0 aliphatic heterocycles. The summed E-state index contributed by atoms with van der Waals surface area (Å²) in [6.45, 7) is -0.212. The van der Waals surface area contributed by atoms with Crippen molar-refractivity contribution in [3.05, 3.63) is 48.2 Å². The number of nitrogens with one attached hydrogen (secondary N) is 1. The number of anilines is 1. The molecule has 0 fully saturated rings. The van der Waals surface area contributed by atoms with Gasteiger partial charge in [0.05, 0.1) is 5.56 Å². The van der Waals surface area contributed by atoms with Gasteiger partial charge in [0, 0.05) is 18.0 Å². The molecule has 3 N–H and O–H groups in total. The summed E-state index contributed by atoms with van der Waals surface area (Å²) in [5.41, 5.74) is 6.08. The van der Waals surface area contributed by atoms with Gasteiger partial charge in [-0.05, 0) is 30.5 Å². The summed E-state index contributed by atoms with van der Waals surface area (Å²) in [5.74, 6) is -0.369. The second kappa shape index (κ2) is 7.46. The van der Waals surface area contributed by atoms with Gasteiger partial charge in [-0.25, -0.2) is 4.98 Å². The summed E-state index contributed by atoms with van der Waals surface area (Å²) < 4.78 is 5.20. The van der Waals surface area contributed by atoms with Crippen LogP contribution in [0.1, 0.15) is 10.4 Å². The van der Waals surface area contributed by atoms with E-state index in [1.807, 2.05) is 6.26 Å². The number of amides is 2. The van der Waals surface area contributed by atoms with E-state index >= 15 is 0 Å². The molecular formula is C15H15N3O3S. The van der Waals surface area contributed by atoms with Crippen LogP contribution in [0.25, 0.3) is 0 Å². The zero-order chi connectivity index (χ0) is 15.9. The fourth-order valence-electron chi connectivity index (χ4n) is 1.74. The Balaban J connectivity index is 2.11. The predicted molar refractivity (Wildman–Crippen MR) is 85.1 cm³/mol. The Hall–Kier alpha value is -2.54. The summed E-state index contributed by atoms with van der Waals surface area (Å²) in [6.07, 6.45) is 3.50. The highest BCUT2D eigenvalue weighted by atomic mass is 32.2. The van der Waals surface area contributed by atoms with Crippen molar-refractivity contribution < 1.29 is 14.3 Å². The number of thioether (sulfide) groups is 1. The topological polar surface area (TPSA) is 94.3 Å². The summed E-state index contributed by atoms with van der Waals surface area (Å²) in [5, 5.41) is 3.43. The first-order valence-corrected chi connectivity index (χ1v) is 7.64. The van der Waals surface area contributed by atoms with Crippen molar-refractivity contribution in [1.82, 2.24) is 4.98 Å². The van der Waals surface area contributed by atoms with Crippen molar-refractivity contribution >= 4 is 29.3 Å². The molecule has 2 amide bonds. The van der Waals surface area contributed by atoms with Gasteiger partial charge in [0.15, 0.2) is 6.61 Å². The molecule has 1 aromatic carbocycles. The minimum Gasteiger partial charge on any atom is -0.484 e. The number of hydrogen-bond acceptors (Lipinski definition) is 5. The average molecular weight is 317 g/mol. The highest BCUT2D eigenvalue weighted by molar-refractivity contribution is 7.98. The Kier molecular flexibility index (Phi) is 5.37. The lowest BCUT2D eigenvalue weighted by atomic mass is 10.2. The van der Waals surface area contributed by atoms with Gasteiger partial charge in [0.1, 0.15) is 10.8 Å². The van der Waals surface area contributed by atoms with Gasteiger partial charge in [0.25, 0.3) is 11.8 Å². The number of hydrogen-bond donors (Lipinski definition) is 2. The van der Waals surface area contributed by atoms with E-state index in [0.29, 0.717) is 22.0 Å². The predicted octanol–water partition coefficient (Wildman–Crippen LogP) is 1.92. The number of rotatable bonds is 6. The molecule has 0 aliphatic rings. The molecule has 0 radical (unpaired) electrons. The van der Waals surface area contributed by atoms with Crippen molar-refractivity contribution in [3.63, 3.8) is 0 Å². The molecule has 0 saturated carbocycles. The number of carbonyl (C=O) groups is 2. The molecule has 7 heteroatoms. The minimum absolute atomic E-state index is 0.212. The van der Waals surface area contributed by atoms with Crippen molar-refractivity contribution in [3.8, 4) is 5.75 Å². The van der Waals surface area contributed by atoms with Crippen molar-refractivity contribution in [2.45, 2.75) is 5.03 Å². The van der Waals surface area contributed by atoms with Crippen LogP contribution in [0.2, 0.25) is 0 Å².